The number of terminal acetylenes is 1. The van der Waals surface area contributed by atoms with E-state index in [1.54, 1.807) is 12.1 Å². The molecule has 0 unspecified atom stereocenters. The third-order valence-corrected chi connectivity index (χ3v) is 2.20. The van der Waals surface area contributed by atoms with Crippen LogP contribution in [0.2, 0.25) is 0 Å². The number of carbonyl (C=O) groups is 1. The molecule has 86 valence electrons. The molecular formula is C13H11FN2O. The Balaban J connectivity index is 2.75. The number of rotatable bonds is 4. The van der Waals surface area contributed by atoms with Crippen molar-refractivity contribution in [2.24, 2.45) is 0 Å². The quantitative estimate of drug-likeness (QED) is 0.579. The van der Waals surface area contributed by atoms with Crippen LogP contribution in [0.4, 0.5) is 4.39 Å². The average molecular weight is 230 g/mol. The van der Waals surface area contributed by atoms with Gasteiger partial charge >= 0.3 is 0 Å². The second-order valence-corrected chi connectivity index (χ2v) is 3.38. The summed E-state index contributed by atoms with van der Waals surface area (Å²) in [5, 5.41) is 8.55. The first kappa shape index (κ1) is 12.7. The largest absolute Gasteiger partial charge is 0.318 e. The van der Waals surface area contributed by atoms with E-state index in [-0.39, 0.29) is 25.4 Å². The fraction of sp³-hybridized carbons (Fsp3) is 0.231. The Morgan fingerprint density at radius 2 is 2.12 bits per heavy atom. The molecule has 0 heterocycles. The van der Waals surface area contributed by atoms with Crippen LogP contribution in [0.1, 0.15) is 5.56 Å². The molecule has 0 radical (unpaired) electrons. The number of halogens is 1. The van der Waals surface area contributed by atoms with Crippen LogP contribution in [0.25, 0.3) is 0 Å². The van der Waals surface area contributed by atoms with Crippen LogP contribution in [0, 0.1) is 29.5 Å². The van der Waals surface area contributed by atoms with Gasteiger partial charge < -0.3 is 4.90 Å². The van der Waals surface area contributed by atoms with Gasteiger partial charge in [-0.2, -0.15) is 5.26 Å². The van der Waals surface area contributed by atoms with E-state index in [4.69, 9.17) is 11.7 Å². The van der Waals surface area contributed by atoms with Gasteiger partial charge in [0.1, 0.15) is 12.4 Å². The van der Waals surface area contributed by atoms with Crippen molar-refractivity contribution < 1.29 is 9.18 Å². The smallest absolute Gasteiger partial charge is 0.228 e. The van der Waals surface area contributed by atoms with Crippen molar-refractivity contribution >= 4 is 5.91 Å². The van der Waals surface area contributed by atoms with Crippen LogP contribution >= 0.6 is 0 Å². The molecule has 0 saturated heterocycles. The summed E-state index contributed by atoms with van der Waals surface area (Å²) in [6.45, 7) is -0.0294. The molecular weight excluding hydrogens is 219 g/mol. The highest BCUT2D eigenvalue weighted by molar-refractivity contribution is 5.79. The van der Waals surface area contributed by atoms with Crippen LogP contribution in [-0.4, -0.2) is 23.9 Å². The Labute approximate surface area is 99.5 Å². The predicted molar refractivity (Wildman–Crippen MR) is 61.1 cm³/mol. The lowest BCUT2D eigenvalue weighted by molar-refractivity contribution is -0.129. The normalized spacial score (nSPS) is 9.12. The maximum Gasteiger partial charge on any atom is 0.228 e. The SMILES string of the molecule is C#CCN(CC#N)C(=O)Cc1ccccc1F. The Morgan fingerprint density at radius 3 is 2.71 bits per heavy atom. The summed E-state index contributed by atoms with van der Waals surface area (Å²) < 4.78 is 13.3. The minimum Gasteiger partial charge on any atom is -0.318 e. The molecule has 1 aromatic rings. The zero-order valence-corrected chi connectivity index (χ0v) is 9.19. The van der Waals surface area contributed by atoms with E-state index in [1.165, 1.54) is 17.0 Å². The van der Waals surface area contributed by atoms with Crippen molar-refractivity contribution in [2.75, 3.05) is 13.1 Å². The monoisotopic (exact) mass is 230 g/mol. The highest BCUT2D eigenvalue weighted by Crippen LogP contribution is 2.08. The second kappa shape index (κ2) is 6.30. The maximum atomic E-state index is 13.3. The van der Waals surface area contributed by atoms with Crippen molar-refractivity contribution in [1.82, 2.24) is 4.90 Å². The standard InChI is InChI=1S/C13H11FN2O/c1-2-8-16(9-7-15)13(17)10-11-5-3-4-6-12(11)14/h1,3-6H,8-10H2. The third-order valence-electron chi connectivity index (χ3n) is 2.20. The van der Waals surface area contributed by atoms with Crippen LogP contribution in [0.3, 0.4) is 0 Å². The Kier molecular flexibility index (Phi) is 4.72. The first-order chi connectivity index (χ1) is 8.19. The molecule has 1 rings (SSSR count). The van der Waals surface area contributed by atoms with Crippen LogP contribution in [0.5, 0.6) is 0 Å². The molecule has 0 fully saturated rings. The lowest BCUT2D eigenvalue weighted by Gasteiger charge is -2.16. The maximum absolute atomic E-state index is 13.3. The van der Waals surface area contributed by atoms with Crippen molar-refractivity contribution in [3.63, 3.8) is 0 Å². The molecule has 0 N–H and O–H groups in total. The summed E-state index contributed by atoms with van der Waals surface area (Å²) in [5.74, 6) is 1.51. The highest BCUT2D eigenvalue weighted by atomic mass is 19.1. The van der Waals surface area contributed by atoms with Gasteiger partial charge in [0, 0.05) is 0 Å². The lowest BCUT2D eigenvalue weighted by atomic mass is 10.1. The van der Waals surface area contributed by atoms with E-state index in [0.717, 1.165) is 0 Å². The molecule has 0 bridgehead atoms. The number of carbonyl (C=O) groups excluding carboxylic acids is 1. The first-order valence-electron chi connectivity index (χ1n) is 5.00. The first-order valence-corrected chi connectivity index (χ1v) is 5.00. The lowest BCUT2D eigenvalue weighted by Crippen LogP contribution is -2.33. The molecule has 4 heteroatoms. The summed E-state index contributed by atoms with van der Waals surface area (Å²) in [6.07, 6.45) is 5.01. The number of benzene rings is 1. The fourth-order valence-electron chi connectivity index (χ4n) is 1.34. The summed E-state index contributed by atoms with van der Waals surface area (Å²) in [5.41, 5.74) is 0.303. The van der Waals surface area contributed by atoms with E-state index in [9.17, 15) is 9.18 Å². The molecule has 0 atom stereocenters. The molecule has 0 saturated carbocycles. The predicted octanol–water partition coefficient (Wildman–Crippen LogP) is 1.35. The average Bonchev–Trinajstić information content (AvgIpc) is 2.32. The van der Waals surface area contributed by atoms with Gasteiger partial charge in [-0.15, -0.1) is 6.42 Å². The number of hydrogen-bond acceptors (Lipinski definition) is 2. The summed E-state index contributed by atoms with van der Waals surface area (Å²) in [7, 11) is 0. The van der Waals surface area contributed by atoms with E-state index in [2.05, 4.69) is 5.92 Å². The molecule has 0 aliphatic heterocycles. The minimum absolute atomic E-state index is 0.0564. The topological polar surface area (TPSA) is 44.1 Å². The molecule has 17 heavy (non-hydrogen) atoms. The Morgan fingerprint density at radius 1 is 1.41 bits per heavy atom. The van der Waals surface area contributed by atoms with E-state index in [1.807, 2.05) is 6.07 Å². The van der Waals surface area contributed by atoms with Crippen LogP contribution < -0.4 is 0 Å². The Hall–Kier alpha value is -2.33. The van der Waals surface area contributed by atoms with E-state index in [0.29, 0.717) is 5.56 Å². The second-order valence-electron chi connectivity index (χ2n) is 3.38. The number of amides is 1. The van der Waals surface area contributed by atoms with Crippen molar-refractivity contribution in [3.8, 4) is 18.4 Å². The summed E-state index contributed by atoms with van der Waals surface area (Å²) in [6, 6.07) is 7.88. The van der Waals surface area contributed by atoms with Crippen molar-refractivity contribution in [3.05, 3.63) is 35.6 Å². The van der Waals surface area contributed by atoms with Gasteiger partial charge in [0.2, 0.25) is 5.91 Å². The van der Waals surface area contributed by atoms with Gasteiger partial charge in [0.05, 0.1) is 19.0 Å². The van der Waals surface area contributed by atoms with Gasteiger partial charge in [0.25, 0.3) is 0 Å². The van der Waals surface area contributed by atoms with Crippen molar-refractivity contribution in [1.29, 1.82) is 5.26 Å². The van der Waals surface area contributed by atoms with Gasteiger partial charge in [0.15, 0.2) is 0 Å². The molecule has 0 spiro atoms. The highest BCUT2D eigenvalue weighted by Gasteiger charge is 2.14. The molecule has 1 amide bonds. The number of hydrogen-bond donors (Lipinski definition) is 0. The summed E-state index contributed by atoms with van der Waals surface area (Å²) in [4.78, 5) is 13.0. The number of nitrogens with zero attached hydrogens (tertiary/aromatic N) is 2. The van der Waals surface area contributed by atoms with Gasteiger partial charge in [-0.25, -0.2) is 4.39 Å². The summed E-state index contributed by atoms with van der Waals surface area (Å²) >= 11 is 0. The molecule has 3 nitrogen and oxygen atoms in total. The minimum atomic E-state index is -0.432. The Bertz CT molecular complexity index is 469. The zero-order valence-electron chi connectivity index (χ0n) is 9.19. The third kappa shape index (κ3) is 3.62. The van der Waals surface area contributed by atoms with E-state index < -0.39 is 5.82 Å². The van der Waals surface area contributed by atoms with Gasteiger partial charge in [-0.3, -0.25) is 4.79 Å². The van der Waals surface area contributed by atoms with Gasteiger partial charge in [-0.1, -0.05) is 24.1 Å². The van der Waals surface area contributed by atoms with Gasteiger partial charge in [-0.05, 0) is 11.6 Å². The van der Waals surface area contributed by atoms with Crippen LogP contribution in [0.15, 0.2) is 24.3 Å². The zero-order chi connectivity index (χ0) is 12.7. The number of nitriles is 1. The molecule has 0 aliphatic rings. The molecule has 1 aromatic carbocycles. The van der Waals surface area contributed by atoms with Crippen LogP contribution in [-0.2, 0) is 11.2 Å². The van der Waals surface area contributed by atoms with Crippen molar-refractivity contribution in [2.45, 2.75) is 6.42 Å². The van der Waals surface area contributed by atoms with E-state index >= 15 is 0 Å². The molecule has 0 aromatic heterocycles. The fourth-order valence-corrected chi connectivity index (χ4v) is 1.34. The molecule has 0 aliphatic carbocycles.